The van der Waals surface area contributed by atoms with E-state index in [0.717, 1.165) is 9.87 Å². The highest BCUT2D eigenvalue weighted by atomic mass is 35.5. The number of sulfonamides is 1. The second-order valence-corrected chi connectivity index (χ2v) is 9.57. The molecule has 0 radical (unpaired) electrons. The quantitative estimate of drug-likeness (QED) is 0.835. The molecule has 1 amide bonds. The van der Waals surface area contributed by atoms with Gasteiger partial charge < -0.3 is 5.32 Å². The molecule has 1 atom stereocenters. The maximum Gasteiger partial charge on any atom is 0.242 e. The average molecular weight is 365 g/mol. The van der Waals surface area contributed by atoms with Crippen molar-refractivity contribution in [3.05, 3.63) is 23.8 Å². The van der Waals surface area contributed by atoms with Crippen LogP contribution < -0.4 is 5.32 Å². The predicted octanol–water partition coefficient (Wildman–Crippen LogP) is 2.77. The van der Waals surface area contributed by atoms with Crippen molar-refractivity contribution in [2.45, 2.75) is 29.5 Å². The third-order valence-electron chi connectivity index (χ3n) is 3.99. The molecule has 0 aromatic heterocycles. The van der Waals surface area contributed by atoms with Gasteiger partial charge in [-0.2, -0.15) is 0 Å². The molecule has 2 rings (SSSR count). The first-order chi connectivity index (χ1) is 9.92. The van der Waals surface area contributed by atoms with Gasteiger partial charge in [0.25, 0.3) is 0 Å². The van der Waals surface area contributed by atoms with Gasteiger partial charge in [0.05, 0.1) is 10.3 Å². The second kappa shape index (κ2) is 5.37. The molecule has 0 aliphatic heterocycles. The number of nitrogens with one attached hydrogen (secondary N) is 1. The summed E-state index contributed by atoms with van der Waals surface area (Å²) in [7, 11) is -0.660. The Balaban J connectivity index is 2.32. The minimum Gasteiger partial charge on any atom is -0.325 e. The molecule has 1 fully saturated rings. The van der Waals surface area contributed by atoms with Crippen LogP contribution in [-0.2, 0) is 14.8 Å². The SMILES string of the molecule is Cc1ccc(S(=O)(=O)N(C)C)cc1NC(=O)C1(C)CC1(Cl)Cl. The number of amides is 1. The van der Waals surface area contributed by atoms with Gasteiger partial charge >= 0.3 is 0 Å². The fourth-order valence-corrected chi connectivity index (χ4v) is 3.65. The molecule has 8 heteroatoms. The molecule has 122 valence electrons. The molecule has 0 heterocycles. The van der Waals surface area contributed by atoms with Crippen molar-refractivity contribution in [1.29, 1.82) is 0 Å². The lowest BCUT2D eigenvalue weighted by Crippen LogP contribution is -2.27. The molecule has 1 aromatic carbocycles. The summed E-state index contributed by atoms with van der Waals surface area (Å²) in [4.78, 5) is 12.4. The van der Waals surface area contributed by atoms with E-state index in [4.69, 9.17) is 23.2 Å². The maximum atomic E-state index is 12.3. The van der Waals surface area contributed by atoms with Crippen LogP contribution in [0.25, 0.3) is 0 Å². The molecule has 0 saturated heterocycles. The Morgan fingerprint density at radius 1 is 1.32 bits per heavy atom. The molecule has 0 bridgehead atoms. The van der Waals surface area contributed by atoms with E-state index in [2.05, 4.69) is 5.32 Å². The van der Waals surface area contributed by atoms with Crippen molar-refractivity contribution < 1.29 is 13.2 Å². The highest BCUT2D eigenvalue weighted by molar-refractivity contribution is 7.89. The summed E-state index contributed by atoms with van der Waals surface area (Å²) in [5.41, 5.74) is 0.328. The fraction of sp³-hybridized carbons (Fsp3) is 0.500. The van der Waals surface area contributed by atoms with E-state index >= 15 is 0 Å². The van der Waals surface area contributed by atoms with Crippen molar-refractivity contribution >= 4 is 44.8 Å². The first-order valence-corrected chi connectivity index (χ1v) is 8.84. The molecule has 0 spiro atoms. The summed E-state index contributed by atoms with van der Waals surface area (Å²) in [6.07, 6.45) is 0.365. The monoisotopic (exact) mass is 364 g/mol. The number of alkyl halides is 2. The Bertz CT molecular complexity index is 732. The summed E-state index contributed by atoms with van der Waals surface area (Å²) in [6, 6.07) is 4.60. The van der Waals surface area contributed by atoms with Gasteiger partial charge in [0.15, 0.2) is 0 Å². The molecular formula is C14H18Cl2N2O3S. The Morgan fingerprint density at radius 3 is 2.32 bits per heavy atom. The molecule has 5 nitrogen and oxygen atoms in total. The number of aryl methyl sites for hydroxylation is 1. The predicted molar refractivity (Wildman–Crippen MR) is 87.8 cm³/mol. The van der Waals surface area contributed by atoms with Crippen molar-refractivity contribution in [1.82, 2.24) is 4.31 Å². The van der Waals surface area contributed by atoms with E-state index in [-0.39, 0.29) is 10.8 Å². The Hall–Kier alpha value is -0.820. The lowest BCUT2D eigenvalue weighted by atomic mass is 10.1. The number of halogens is 2. The van der Waals surface area contributed by atoms with Gasteiger partial charge in [-0.05, 0) is 38.0 Å². The van der Waals surface area contributed by atoms with Gasteiger partial charge in [-0.3, -0.25) is 4.79 Å². The Labute approximate surface area is 140 Å². The van der Waals surface area contributed by atoms with Crippen molar-refractivity contribution in [3.8, 4) is 0 Å². The molecule has 1 N–H and O–H groups in total. The zero-order valence-corrected chi connectivity index (χ0v) is 15.1. The van der Waals surface area contributed by atoms with E-state index in [1.165, 1.54) is 26.2 Å². The van der Waals surface area contributed by atoms with Crippen LogP contribution in [0.15, 0.2) is 23.1 Å². The van der Waals surface area contributed by atoms with Crippen LogP contribution in [0.2, 0.25) is 0 Å². The van der Waals surface area contributed by atoms with Crippen molar-refractivity contribution in [2.24, 2.45) is 5.41 Å². The number of hydrogen-bond acceptors (Lipinski definition) is 3. The van der Waals surface area contributed by atoms with E-state index in [0.29, 0.717) is 12.1 Å². The molecule has 1 aliphatic rings. The number of anilines is 1. The summed E-state index contributed by atoms with van der Waals surface area (Å²) < 4.78 is 24.4. The number of carbonyl (C=O) groups is 1. The average Bonchev–Trinajstić information content (AvgIpc) is 2.92. The van der Waals surface area contributed by atoms with Crippen LogP contribution in [-0.4, -0.2) is 37.1 Å². The zero-order valence-electron chi connectivity index (χ0n) is 12.8. The number of carbonyl (C=O) groups excluding carboxylic acids is 1. The van der Waals surface area contributed by atoms with Crippen LogP contribution in [0.3, 0.4) is 0 Å². The standard InChI is InChI=1S/C14H18Cl2N2O3S/c1-9-5-6-10(22(20,21)18(3)4)7-11(9)17-12(19)13(2)8-14(13,15)16/h5-7H,8H2,1-4H3,(H,17,19). The molecule has 1 aromatic rings. The van der Waals surface area contributed by atoms with Gasteiger partial charge in [0.1, 0.15) is 4.33 Å². The zero-order chi connectivity index (χ0) is 16.9. The summed E-state index contributed by atoms with van der Waals surface area (Å²) in [6.45, 7) is 3.46. The number of hydrogen-bond donors (Lipinski definition) is 1. The minimum absolute atomic E-state index is 0.113. The minimum atomic E-state index is -3.56. The lowest BCUT2D eigenvalue weighted by molar-refractivity contribution is -0.120. The smallest absolute Gasteiger partial charge is 0.242 e. The summed E-state index contributed by atoms with van der Waals surface area (Å²) in [5.74, 6) is -0.319. The third kappa shape index (κ3) is 2.85. The van der Waals surface area contributed by atoms with Gasteiger partial charge in [0.2, 0.25) is 15.9 Å². The molecule has 1 aliphatic carbocycles. The second-order valence-electron chi connectivity index (χ2n) is 5.93. The molecule has 1 unspecified atom stereocenters. The van der Waals surface area contributed by atoms with Gasteiger partial charge in [-0.1, -0.05) is 6.07 Å². The topological polar surface area (TPSA) is 66.5 Å². The number of nitrogens with zero attached hydrogens (tertiary/aromatic N) is 1. The fourth-order valence-electron chi connectivity index (χ4n) is 2.01. The van der Waals surface area contributed by atoms with E-state index in [1.54, 1.807) is 19.9 Å². The van der Waals surface area contributed by atoms with E-state index < -0.39 is 19.8 Å². The first-order valence-electron chi connectivity index (χ1n) is 6.64. The van der Waals surface area contributed by atoms with Crippen LogP contribution in [0.5, 0.6) is 0 Å². The highest BCUT2D eigenvalue weighted by Gasteiger charge is 2.67. The lowest BCUT2D eigenvalue weighted by Gasteiger charge is -2.16. The van der Waals surface area contributed by atoms with Crippen molar-refractivity contribution in [3.63, 3.8) is 0 Å². The third-order valence-corrected chi connectivity index (χ3v) is 6.91. The highest BCUT2D eigenvalue weighted by Crippen LogP contribution is 2.64. The molecule has 22 heavy (non-hydrogen) atoms. The maximum absolute atomic E-state index is 12.3. The first kappa shape index (κ1) is 17.5. The van der Waals surface area contributed by atoms with Crippen molar-refractivity contribution in [2.75, 3.05) is 19.4 Å². The Morgan fingerprint density at radius 2 is 1.86 bits per heavy atom. The van der Waals surface area contributed by atoms with Gasteiger partial charge in [0, 0.05) is 19.8 Å². The van der Waals surface area contributed by atoms with Crippen LogP contribution in [0, 0.1) is 12.3 Å². The van der Waals surface area contributed by atoms with Gasteiger partial charge in [-0.15, -0.1) is 23.2 Å². The number of rotatable bonds is 4. The summed E-state index contributed by atoms with van der Waals surface area (Å²) >= 11 is 12.0. The molecule has 1 saturated carbocycles. The van der Waals surface area contributed by atoms with Crippen LogP contribution in [0.4, 0.5) is 5.69 Å². The summed E-state index contributed by atoms with van der Waals surface area (Å²) in [5, 5.41) is 2.73. The van der Waals surface area contributed by atoms with Crippen LogP contribution >= 0.6 is 23.2 Å². The van der Waals surface area contributed by atoms with Gasteiger partial charge in [-0.25, -0.2) is 12.7 Å². The van der Waals surface area contributed by atoms with Crippen LogP contribution in [0.1, 0.15) is 18.9 Å². The molecular weight excluding hydrogens is 347 g/mol. The largest absolute Gasteiger partial charge is 0.325 e. The van der Waals surface area contributed by atoms with E-state index in [9.17, 15) is 13.2 Å². The Kier molecular flexibility index (Phi) is 4.28. The normalized spacial score (nSPS) is 23.4. The number of benzene rings is 1. The van der Waals surface area contributed by atoms with E-state index in [1.807, 2.05) is 0 Å².